The minimum Gasteiger partial charge on any atom is -0.289 e. The zero-order valence-corrected chi connectivity index (χ0v) is 14.3. The Hall–Kier alpha value is -1.75. The van der Waals surface area contributed by atoms with E-state index in [1.165, 1.54) is 28.0 Å². The quantitative estimate of drug-likeness (QED) is 0.867. The maximum Gasteiger partial charge on any atom is 0.234 e. The number of rotatable bonds is 4. The summed E-state index contributed by atoms with van der Waals surface area (Å²) in [5.74, 6) is 0.154. The van der Waals surface area contributed by atoms with Crippen LogP contribution in [-0.2, 0) is 11.2 Å². The molecule has 116 valence electrons. The third-order valence-corrected chi connectivity index (χ3v) is 5.20. The van der Waals surface area contributed by atoms with Gasteiger partial charge in [-0.2, -0.15) is 0 Å². The number of carbonyl (C=O) groups excluding carboxylic acids is 1. The zero-order chi connectivity index (χ0) is 15.9. The molecule has 0 bridgehead atoms. The minimum atomic E-state index is -0.172. The number of anilines is 1. The van der Waals surface area contributed by atoms with Crippen LogP contribution in [0.25, 0.3) is 0 Å². The van der Waals surface area contributed by atoms with Crippen LogP contribution in [0.4, 0.5) is 5.13 Å². The molecule has 22 heavy (non-hydrogen) atoms. The molecule has 0 radical (unpaired) electrons. The molecule has 0 aliphatic heterocycles. The summed E-state index contributed by atoms with van der Waals surface area (Å²) < 4.78 is 0. The van der Waals surface area contributed by atoms with E-state index in [1.54, 1.807) is 11.9 Å². The van der Waals surface area contributed by atoms with Crippen LogP contribution in [0.5, 0.6) is 0 Å². The van der Waals surface area contributed by atoms with Gasteiger partial charge in [0.25, 0.3) is 0 Å². The van der Waals surface area contributed by atoms with Crippen molar-refractivity contribution in [2.45, 2.75) is 40.0 Å². The van der Waals surface area contributed by atoms with Crippen molar-refractivity contribution in [3.8, 4) is 0 Å². The lowest BCUT2D eigenvalue weighted by Crippen LogP contribution is -2.32. The second kappa shape index (κ2) is 5.47. The molecule has 0 N–H and O–H groups in total. The van der Waals surface area contributed by atoms with Gasteiger partial charge < -0.3 is 0 Å². The summed E-state index contributed by atoms with van der Waals surface area (Å²) in [6.45, 7) is 6.22. The van der Waals surface area contributed by atoms with Crippen molar-refractivity contribution in [2.24, 2.45) is 5.41 Å². The first-order valence-electron chi connectivity index (χ1n) is 7.55. The van der Waals surface area contributed by atoms with Crippen molar-refractivity contribution in [1.82, 2.24) is 10.2 Å². The Bertz CT molecular complexity index is 698. The minimum absolute atomic E-state index is 0.154. The average Bonchev–Trinajstić information content (AvgIpc) is 3.02. The molecule has 4 nitrogen and oxygen atoms in total. The molecule has 1 amide bonds. The maximum absolute atomic E-state index is 12.3. The summed E-state index contributed by atoms with van der Waals surface area (Å²) in [6.07, 6.45) is 2.72. The fraction of sp³-hybridized carbons (Fsp3) is 0.471. The fourth-order valence-electron chi connectivity index (χ4n) is 2.69. The molecule has 1 saturated carbocycles. The summed E-state index contributed by atoms with van der Waals surface area (Å²) in [5.41, 5.74) is 3.58. The number of carbonyl (C=O) groups is 1. The van der Waals surface area contributed by atoms with Crippen LogP contribution in [-0.4, -0.2) is 23.2 Å². The molecule has 1 aromatic carbocycles. The van der Waals surface area contributed by atoms with Gasteiger partial charge in [-0.05, 0) is 32.3 Å². The lowest BCUT2D eigenvalue weighted by atomic mass is 10.1. The molecule has 5 heteroatoms. The van der Waals surface area contributed by atoms with E-state index in [4.69, 9.17) is 0 Å². The molecule has 2 aromatic rings. The Labute approximate surface area is 135 Å². The molecule has 0 atom stereocenters. The van der Waals surface area contributed by atoms with Crippen LogP contribution in [0, 0.1) is 19.3 Å². The van der Waals surface area contributed by atoms with Crippen LogP contribution in [0.3, 0.4) is 0 Å². The molecule has 1 fully saturated rings. The molecule has 1 aromatic heterocycles. The van der Waals surface area contributed by atoms with E-state index in [0.29, 0.717) is 5.13 Å². The topological polar surface area (TPSA) is 46.1 Å². The van der Waals surface area contributed by atoms with Gasteiger partial charge in [0.15, 0.2) is 0 Å². The van der Waals surface area contributed by atoms with Gasteiger partial charge >= 0.3 is 0 Å². The molecule has 3 rings (SSSR count). The third-order valence-electron chi connectivity index (χ3n) is 4.20. The largest absolute Gasteiger partial charge is 0.289 e. The van der Waals surface area contributed by atoms with Gasteiger partial charge in [0.05, 0.1) is 0 Å². The van der Waals surface area contributed by atoms with Gasteiger partial charge in [0.1, 0.15) is 5.01 Å². The van der Waals surface area contributed by atoms with Crippen molar-refractivity contribution in [3.63, 3.8) is 0 Å². The number of aromatic nitrogens is 2. The highest BCUT2D eigenvalue weighted by atomic mass is 32.1. The third kappa shape index (κ3) is 3.04. The van der Waals surface area contributed by atoms with E-state index >= 15 is 0 Å². The number of benzene rings is 1. The predicted molar refractivity (Wildman–Crippen MR) is 89.4 cm³/mol. The summed E-state index contributed by atoms with van der Waals surface area (Å²) in [5, 5.41) is 10.1. The molecular formula is C17H21N3OS. The summed E-state index contributed by atoms with van der Waals surface area (Å²) in [7, 11) is 1.80. The summed E-state index contributed by atoms with van der Waals surface area (Å²) >= 11 is 1.50. The van der Waals surface area contributed by atoms with Gasteiger partial charge in [-0.25, -0.2) is 0 Å². The van der Waals surface area contributed by atoms with Gasteiger partial charge in [0.2, 0.25) is 11.0 Å². The second-order valence-electron chi connectivity index (χ2n) is 6.58. The molecular weight excluding hydrogens is 294 g/mol. The second-order valence-corrected chi connectivity index (χ2v) is 7.62. The number of amides is 1. The number of aryl methyl sites for hydroxylation is 2. The van der Waals surface area contributed by atoms with Gasteiger partial charge in [-0.15, -0.1) is 10.2 Å². The van der Waals surface area contributed by atoms with E-state index in [2.05, 4.69) is 42.2 Å². The highest BCUT2D eigenvalue weighted by Gasteiger charge is 2.47. The number of hydrogen-bond acceptors (Lipinski definition) is 4. The van der Waals surface area contributed by atoms with Crippen molar-refractivity contribution >= 4 is 22.4 Å². The Kier molecular flexibility index (Phi) is 3.77. The first-order chi connectivity index (χ1) is 10.4. The van der Waals surface area contributed by atoms with Crippen LogP contribution < -0.4 is 4.90 Å². The van der Waals surface area contributed by atoms with Crippen molar-refractivity contribution in [1.29, 1.82) is 0 Å². The maximum atomic E-state index is 12.3. The average molecular weight is 315 g/mol. The van der Waals surface area contributed by atoms with Crippen molar-refractivity contribution in [2.75, 3.05) is 11.9 Å². The van der Waals surface area contributed by atoms with E-state index in [-0.39, 0.29) is 11.3 Å². The van der Waals surface area contributed by atoms with Crippen LogP contribution in [0.2, 0.25) is 0 Å². The molecule has 0 unspecified atom stereocenters. The molecule has 0 saturated heterocycles. The molecule has 1 aliphatic carbocycles. The first kappa shape index (κ1) is 15.2. The Morgan fingerprint density at radius 2 is 1.86 bits per heavy atom. The van der Waals surface area contributed by atoms with E-state index < -0.39 is 0 Å². The fourth-order valence-corrected chi connectivity index (χ4v) is 3.52. The number of hydrogen-bond donors (Lipinski definition) is 0. The van der Waals surface area contributed by atoms with Gasteiger partial charge in [-0.3, -0.25) is 9.69 Å². The monoisotopic (exact) mass is 315 g/mol. The van der Waals surface area contributed by atoms with Crippen molar-refractivity contribution < 1.29 is 4.79 Å². The normalized spacial score (nSPS) is 15.6. The van der Waals surface area contributed by atoms with E-state index in [0.717, 1.165) is 24.3 Å². The smallest absolute Gasteiger partial charge is 0.234 e. The van der Waals surface area contributed by atoms with Crippen LogP contribution in [0.1, 0.15) is 41.5 Å². The Balaban J connectivity index is 1.74. The molecule has 0 spiro atoms. The first-order valence-corrected chi connectivity index (χ1v) is 8.37. The van der Waals surface area contributed by atoms with Crippen LogP contribution >= 0.6 is 11.3 Å². The zero-order valence-electron chi connectivity index (χ0n) is 13.5. The summed E-state index contributed by atoms with van der Waals surface area (Å²) in [4.78, 5) is 14.0. The number of nitrogens with zero attached hydrogens (tertiary/aromatic N) is 3. The highest BCUT2D eigenvalue weighted by molar-refractivity contribution is 7.15. The predicted octanol–water partition coefficient (Wildman–Crippen LogP) is 3.51. The Morgan fingerprint density at radius 3 is 2.45 bits per heavy atom. The Morgan fingerprint density at radius 1 is 1.23 bits per heavy atom. The molecule has 1 heterocycles. The lowest BCUT2D eigenvalue weighted by molar-refractivity contribution is -0.122. The van der Waals surface area contributed by atoms with E-state index in [1.807, 2.05) is 6.92 Å². The van der Waals surface area contributed by atoms with Gasteiger partial charge in [0, 0.05) is 18.9 Å². The van der Waals surface area contributed by atoms with Crippen LogP contribution in [0.15, 0.2) is 18.2 Å². The standard InChI is InChI=1S/C17H21N3OS/c1-11-7-12(2)9-13(8-11)10-14-18-19-16(22-14)20(4)15(21)17(3)5-6-17/h7-9H,5-6,10H2,1-4H3. The lowest BCUT2D eigenvalue weighted by Gasteiger charge is -2.17. The van der Waals surface area contributed by atoms with E-state index in [9.17, 15) is 4.79 Å². The summed E-state index contributed by atoms with van der Waals surface area (Å²) in [6, 6.07) is 6.51. The van der Waals surface area contributed by atoms with Gasteiger partial charge in [-0.1, -0.05) is 47.6 Å². The van der Waals surface area contributed by atoms with Crippen molar-refractivity contribution in [3.05, 3.63) is 39.9 Å². The highest BCUT2D eigenvalue weighted by Crippen LogP contribution is 2.47. The SMILES string of the molecule is Cc1cc(C)cc(Cc2nnc(N(C)C(=O)C3(C)CC3)s2)c1. The molecule has 1 aliphatic rings.